The Kier molecular flexibility index (Phi) is 5.00. The molecule has 0 spiro atoms. The Morgan fingerprint density at radius 1 is 1.17 bits per heavy atom. The molecule has 0 radical (unpaired) electrons. The van der Waals surface area contributed by atoms with E-state index in [2.05, 4.69) is 5.32 Å². The fourth-order valence-corrected chi connectivity index (χ4v) is 4.18. The van der Waals surface area contributed by atoms with Crippen LogP contribution in [0.3, 0.4) is 0 Å². The molecule has 1 aliphatic rings. The number of esters is 1. The fourth-order valence-electron chi connectivity index (χ4n) is 3.06. The van der Waals surface area contributed by atoms with Crippen molar-refractivity contribution in [1.29, 1.82) is 0 Å². The monoisotopic (exact) mass is 343 g/mol. The summed E-state index contributed by atoms with van der Waals surface area (Å²) < 4.78 is 5.22. The second kappa shape index (κ2) is 7.18. The van der Waals surface area contributed by atoms with Gasteiger partial charge in [0.05, 0.1) is 5.56 Å². The molecule has 0 saturated carbocycles. The van der Waals surface area contributed by atoms with E-state index in [1.54, 1.807) is 11.3 Å². The van der Waals surface area contributed by atoms with Crippen molar-refractivity contribution in [2.45, 2.75) is 39.5 Å². The van der Waals surface area contributed by atoms with Crippen molar-refractivity contribution in [2.75, 3.05) is 11.9 Å². The average molecular weight is 343 g/mol. The van der Waals surface area contributed by atoms with E-state index in [0.29, 0.717) is 5.56 Å². The number of rotatable bonds is 4. The third-order valence-electron chi connectivity index (χ3n) is 4.36. The van der Waals surface area contributed by atoms with Crippen molar-refractivity contribution in [1.82, 2.24) is 0 Å². The maximum atomic E-state index is 12.3. The molecular formula is C19H21NO3S. The number of carbonyl (C=O) groups excluding carboxylic acids is 2. The number of nitrogens with one attached hydrogen (secondary N) is 1. The summed E-state index contributed by atoms with van der Waals surface area (Å²) in [7, 11) is 0. The van der Waals surface area contributed by atoms with Crippen LogP contribution in [0.4, 0.5) is 5.69 Å². The zero-order valence-corrected chi connectivity index (χ0v) is 14.8. The smallest absolute Gasteiger partial charge is 0.339 e. The number of fused-ring (bicyclic) bond motifs is 1. The van der Waals surface area contributed by atoms with Crippen molar-refractivity contribution >= 4 is 28.9 Å². The number of thiophene rings is 1. The highest BCUT2D eigenvalue weighted by Gasteiger charge is 2.21. The minimum Gasteiger partial charge on any atom is -0.452 e. The summed E-state index contributed by atoms with van der Waals surface area (Å²) in [6.45, 7) is 3.61. The Balaban J connectivity index is 1.60. The van der Waals surface area contributed by atoms with E-state index in [1.807, 2.05) is 37.4 Å². The minimum atomic E-state index is -0.397. The molecule has 126 valence electrons. The summed E-state index contributed by atoms with van der Waals surface area (Å²) >= 11 is 1.62. The van der Waals surface area contributed by atoms with Gasteiger partial charge in [-0.25, -0.2) is 4.79 Å². The molecule has 1 aromatic heterocycles. The molecule has 5 heteroatoms. The molecule has 0 saturated heterocycles. The summed E-state index contributed by atoms with van der Waals surface area (Å²) in [5, 5.41) is 4.69. The van der Waals surface area contributed by atoms with Crippen molar-refractivity contribution in [3.8, 4) is 0 Å². The lowest BCUT2D eigenvalue weighted by molar-refractivity contribution is -0.119. The SMILES string of the molecule is Cc1cccc(C)c1NC(=O)COC(=O)c1csc2c1CCCC2. The summed E-state index contributed by atoms with van der Waals surface area (Å²) in [6.07, 6.45) is 4.26. The van der Waals surface area contributed by atoms with Gasteiger partial charge in [0.1, 0.15) is 0 Å². The van der Waals surface area contributed by atoms with Gasteiger partial charge in [-0.2, -0.15) is 0 Å². The number of amides is 1. The predicted octanol–water partition coefficient (Wildman–Crippen LogP) is 4.04. The van der Waals surface area contributed by atoms with Gasteiger partial charge in [0.15, 0.2) is 6.61 Å². The number of para-hydroxylation sites is 1. The van der Waals surface area contributed by atoms with E-state index < -0.39 is 5.97 Å². The first-order valence-electron chi connectivity index (χ1n) is 8.18. The lowest BCUT2D eigenvalue weighted by atomic mass is 9.96. The molecular weight excluding hydrogens is 322 g/mol. The second-order valence-corrected chi connectivity index (χ2v) is 7.11. The quantitative estimate of drug-likeness (QED) is 0.853. The van der Waals surface area contributed by atoms with Crippen molar-refractivity contribution in [2.24, 2.45) is 0 Å². The van der Waals surface area contributed by atoms with Gasteiger partial charge < -0.3 is 10.1 Å². The molecule has 24 heavy (non-hydrogen) atoms. The van der Waals surface area contributed by atoms with Crippen LogP contribution in [0.5, 0.6) is 0 Å². The molecule has 1 heterocycles. The predicted molar refractivity (Wildman–Crippen MR) is 95.8 cm³/mol. The Labute approximate surface area is 145 Å². The Morgan fingerprint density at radius 3 is 2.62 bits per heavy atom. The normalized spacial score (nSPS) is 13.2. The molecule has 0 atom stereocenters. The van der Waals surface area contributed by atoms with E-state index in [9.17, 15) is 9.59 Å². The lowest BCUT2D eigenvalue weighted by Crippen LogP contribution is -2.22. The highest BCUT2D eigenvalue weighted by Crippen LogP contribution is 2.30. The van der Waals surface area contributed by atoms with Crippen LogP contribution in [-0.2, 0) is 22.4 Å². The third kappa shape index (κ3) is 3.51. The summed E-state index contributed by atoms with van der Waals surface area (Å²) in [4.78, 5) is 25.7. The van der Waals surface area contributed by atoms with Crippen LogP contribution in [0.15, 0.2) is 23.6 Å². The molecule has 4 nitrogen and oxygen atoms in total. The lowest BCUT2D eigenvalue weighted by Gasteiger charge is -2.13. The topological polar surface area (TPSA) is 55.4 Å². The molecule has 2 aromatic rings. The Morgan fingerprint density at radius 2 is 1.88 bits per heavy atom. The number of hydrogen-bond acceptors (Lipinski definition) is 4. The first kappa shape index (κ1) is 16.7. The van der Waals surface area contributed by atoms with Crippen LogP contribution in [0.25, 0.3) is 0 Å². The molecule has 0 bridgehead atoms. The zero-order valence-electron chi connectivity index (χ0n) is 14.0. The number of hydrogen-bond donors (Lipinski definition) is 1. The van der Waals surface area contributed by atoms with Crippen LogP contribution in [-0.4, -0.2) is 18.5 Å². The second-order valence-electron chi connectivity index (χ2n) is 6.15. The molecule has 0 unspecified atom stereocenters. The number of carbonyl (C=O) groups is 2. The maximum absolute atomic E-state index is 12.3. The van der Waals surface area contributed by atoms with E-state index in [4.69, 9.17) is 4.74 Å². The van der Waals surface area contributed by atoms with Crippen molar-refractivity contribution in [3.63, 3.8) is 0 Å². The van der Waals surface area contributed by atoms with Crippen LogP contribution in [0, 0.1) is 13.8 Å². The van der Waals surface area contributed by atoms with Crippen molar-refractivity contribution < 1.29 is 14.3 Å². The highest BCUT2D eigenvalue weighted by molar-refractivity contribution is 7.10. The maximum Gasteiger partial charge on any atom is 0.339 e. The number of ether oxygens (including phenoxy) is 1. The fraction of sp³-hybridized carbons (Fsp3) is 0.368. The van der Waals surface area contributed by atoms with Gasteiger partial charge in [-0.15, -0.1) is 11.3 Å². The van der Waals surface area contributed by atoms with Gasteiger partial charge in [0, 0.05) is 15.9 Å². The molecule has 3 rings (SSSR count). The van der Waals surface area contributed by atoms with Gasteiger partial charge in [-0.1, -0.05) is 18.2 Å². The van der Waals surface area contributed by atoms with E-state index >= 15 is 0 Å². The van der Waals surface area contributed by atoms with Gasteiger partial charge in [-0.3, -0.25) is 4.79 Å². The molecule has 1 N–H and O–H groups in total. The summed E-state index contributed by atoms with van der Waals surface area (Å²) in [6, 6.07) is 5.82. The minimum absolute atomic E-state index is 0.267. The van der Waals surface area contributed by atoms with Gasteiger partial charge >= 0.3 is 5.97 Å². The van der Waals surface area contributed by atoms with Crippen molar-refractivity contribution in [3.05, 3.63) is 50.7 Å². The van der Waals surface area contributed by atoms with Gasteiger partial charge in [0.2, 0.25) is 0 Å². The Hall–Kier alpha value is -2.14. The number of benzene rings is 1. The standard InChI is InChI=1S/C19H21NO3S/c1-12-6-5-7-13(2)18(12)20-17(21)10-23-19(22)15-11-24-16-9-4-3-8-14(15)16/h5-7,11H,3-4,8-10H2,1-2H3,(H,20,21). The summed E-state index contributed by atoms with van der Waals surface area (Å²) in [5.74, 6) is -0.712. The van der Waals surface area contributed by atoms with E-state index in [-0.39, 0.29) is 12.5 Å². The first-order valence-corrected chi connectivity index (χ1v) is 9.06. The molecule has 0 fully saturated rings. The van der Waals surface area contributed by atoms with Gasteiger partial charge in [-0.05, 0) is 56.2 Å². The number of anilines is 1. The van der Waals surface area contributed by atoms with Crippen LogP contribution >= 0.6 is 11.3 Å². The molecule has 1 aromatic carbocycles. The zero-order chi connectivity index (χ0) is 17.1. The number of aryl methyl sites for hydroxylation is 3. The van der Waals surface area contributed by atoms with Gasteiger partial charge in [0.25, 0.3) is 5.91 Å². The van der Waals surface area contributed by atoms with E-state index in [0.717, 1.165) is 41.6 Å². The van der Waals surface area contributed by atoms with Crippen LogP contribution < -0.4 is 5.32 Å². The molecule has 1 aliphatic carbocycles. The molecule has 1 amide bonds. The first-order chi connectivity index (χ1) is 11.6. The van der Waals surface area contributed by atoms with Crippen LogP contribution in [0.2, 0.25) is 0 Å². The summed E-state index contributed by atoms with van der Waals surface area (Å²) in [5.41, 5.74) is 4.51. The highest BCUT2D eigenvalue weighted by atomic mass is 32.1. The van der Waals surface area contributed by atoms with Crippen LogP contribution in [0.1, 0.15) is 44.8 Å². The molecule has 0 aliphatic heterocycles. The van der Waals surface area contributed by atoms with E-state index in [1.165, 1.54) is 11.3 Å². The average Bonchev–Trinajstić information content (AvgIpc) is 3.00. The third-order valence-corrected chi connectivity index (χ3v) is 5.45. The largest absolute Gasteiger partial charge is 0.452 e. The Bertz CT molecular complexity index is 759.